The molecule has 1 aliphatic rings. The van der Waals surface area contributed by atoms with Crippen LogP contribution in [0.2, 0.25) is 0 Å². The molecule has 0 bridgehead atoms. The Morgan fingerprint density at radius 2 is 1.71 bits per heavy atom. The zero-order chi connectivity index (χ0) is 21.4. The Kier molecular flexibility index (Phi) is 5.67. The van der Waals surface area contributed by atoms with Crippen LogP contribution in [0.15, 0.2) is 59.3 Å². The molecule has 1 saturated heterocycles. The maximum atomic E-state index is 4.60. The zero-order valence-corrected chi connectivity index (χ0v) is 20.1. The van der Waals surface area contributed by atoms with Crippen molar-refractivity contribution in [2.45, 2.75) is 26.7 Å². The minimum atomic E-state index is 0.839. The Balaban J connectivity index is 1.46. The Morgan fingerprint density at radius 3 is 2.42 bits per heavy atom. The van der Waals surface area contributed by atoms with Gasteiger partial charge in [0.2, 0.25) is 0 Å². The van der Waals surface area contributed by atoms with Crippen molar-refractivity contribution in [1.29, 1.82) is 0 Å². The molecule has 4 nitrogen and oxygen atoms in total. The molecule has 3 heterocycles. The summed E-state index contributed by atoms with van der Waals surface area (Å²) in [7, 11) is 0. The molecular formula is C25H25BrN4S. The van der Waals surface area contributed by atoms with Gasteiger partial charge in [-0.2, -0.15) is 0 Å². The van der Waals surface area contributed by atoms with E-state index in [1.165, 1.54) is 34.5 Å². The van der Waals surface area contributed by atoms with E-state index < -0.39 is 0 Å². The highest BCUT2D eigenvalue weighted by Gasteiger charge is 2.18. The van der Waals surface area contributed by atoms with Crippen LogP contribution in [0.1, 0.15) is 24.6 Å². The quantitative estimate of drug-likeness (QED) is 0.321. The van der Waals surface area contributed by atoms with Gasteiger partial charge >= 0.3 is 0 Å². The Bertz CT molecular complexity index is 1190. The topological polar surface area (TPSA) is 41.1 Å². The van der Waals surface area contributed by atoms with E-state index >= 15 is 0 Å². The Labute approximate surface area is 195 Å². The maximum Gasteiger partial charge on any atom is 0.143 e. The van der Waals surface area contributed by atoms with Crippen LogP contribution in [0.3, 0.4) is 0 Å². The fourth-order valence-corrected chi connectivity index (χ4v) is 5.54. The highest BCUT2D eigenvalue weighted by molar-refractivity contribution is 9.10. The number of nitrogens with one attached hydrogen (secondary N) is 1. The fraction of sp³-hybridized carbons (Fsp3) is 0.280. The Hall–Kier alpha value is -2.44. The number of rotatable bonds is 4. The number of aryl methyl sites for hydroxylation is 1. The van der Waals surface area contributed by atoms with Crippen molar-refractivity contribution in [3.05, 3.63) is 64.2 Å². The molecule has 31 heavy (non-hydrogen) atoms. The highest BCUT2D eigenvalue weighted by atomic mass is 79.9. The number of aromatic nitrogens is 2. The summed E-state index contributed by atoms with van der Waals surface area (Å²) in [4.78, 5) is 13.9. The third-order valence-corrected chi connectivity index (χ3v) is 7.62. The van der Waals surface area contributed by atoms with Gasteiger partial charge in [0, 0.05) is 39.4 Å². The summed E-state index contributed by atoms with van der Waals surface area (Å²) in [6.07, 6.45) is 4.19. The van der Waals surface area contributed by atoms with Crippen LogP contribution in [-0.2, 0) is 0 Å². The molecule has 0 spiro atoms. The first kappa shape index (κ1) is 20.5. The standard InChI is InChI=1S/C25H25BrN4S/c1-16-11-13-30(14-12-16)21-9-7-20(8-10-21)29-24-23-22(18-3-5-19(26)6-4-18)17(2)31-25(23)28-15-27-24/h3-10,15-16H,11-14H2,1-2H3,(H,27,28,29). The van der Waals surface area contributed by atoms with E-state index in [1.54, 1.807) is 17.7 Å². The van der Waals surface area contributed by atoms with Gasteiger partial charge in [-0.15, -0.1) is 11.3 Å². The van der Waals surface area contributed by atoms with Crippen LogP contribution in [-0.4, -0.2) is 23.1 Å². The lowest BCUT2D eigenvalue weighted by Crippen LogP contribution is -2.32. The number of fused-ring (bicyclic) bond motifs is 1. The van der Waals surface area contributed by atoms with E-state index in [-0.39, 0.29) is 0 Å². The van der Waals surface area contributed by atoms with Crippen LogP contribution in [0, 0.1) is 12.8 Å². The molecule has 0 atom stereocenters. The average molecular weight is 493 g/mol. The van der Waals surface area contributed by atoms with Crippen molar-refractivity contribution in [2.75, 3.05) is 23.3 Å². The number of hydrogen-bond acceptors (Lipinski definition) is 5. The molecule has 158 valence electrons. The molecule has 5 rings (SSSR count). The molecule has 0 aliphatic carbocycles. The molecule has 4 aromatic rings. The predicted octanol–water partition coefficient (Wildman–Crippen LogP) is 7.41. The van der Waals surface area contributed by atoms with Crippen molar-refractivity contribution in [1.82, 2.24) is 9.97 Å². The SMILES string of the molecule is Cc1sc2ncnc(Nc3ccc(N4CCC(C)CC4)cc3)c2c1-c1ccc(Br)cc1. The summed E-state index contributed by atoms with van der Waals surface area (Å²) in [6, 6.07) is 17.2. The summed E-state index contributed by atoms with van der Waals surface area (Å²) in [5.74, 6) is 1.69. The van der Waals surface area contributed by atoms with Crippen molar-refractivity contribution in [2.24, 2.45) is 5.92 Å². The van der Waals surface area contributed by atoms with Crippen molar-refractivity contribution in [3.8, 4) is 11.1 Å². The van der Waals surface area contributed by atoms with Crippen LogP contribution in [0.4, 0.5) is 17.2 Å². The number of hydrogen-bond donors (Lipinski definition) is 1. The minimum absolute atomic E-state index is 0.839. The monoisotopic (exact) mass is 492 g/mol. The summed E-state index contributed by atoms with van der Waals surface area (Å²) in [5, 5.41) is 4.63. The number of benzene rings is 2. The molecular weight excluding hydrogens is 468 g/mol. The van der Waals surface area contributed by atoms with Crippen LogP contribution in [0.5, 0.6) is 0 Å². The molecule has 1 fully saturated rings. The second-order valence-corrected chi connectivity index (χ2v) is 10.4. The number of anilines is 3. The number of piperidine rings is 1. The van der Waals surface area contributed by atoms with Gasteiger partial charge in [-0.1, -0.05) is 35.0 Å². The minimum Gasteiger partial charge on any atom is -0.372 e. The third kappa shape index (κ3) is 4.19. The predicted molar refractivity (Wildman–Crippen MR) is 136 cm³/mol. The van der Waals surface area contributed by atoms with Gasteiger partial charge in [0.15, 0.2) is 0 Å². The highest BCUT2D eigenvalue weighted by Crippen LogP contribution is 2.41. The molecule has 2 aromatic heterocycles. The first-order valence-electron chi connectivity index (χ1n) is 10.7. The van der Waals surface area contributed by atoms with Crippen molar-refractivity contribution >= 4 is 54.7 Å². The lowest BCUT2D eigenvalue weighted by atomic mass is 9.99. The summed E-state index contributed by atoms with van der Waals surface area (Å²) in [5.41, 5.74) is 4.72. The number of halogens is 1. The largest absolute Gasteiger partial charge is 0.372 e. The van der Waals surface area contributed by atoms with Crippen LogP contribution in [0.25, 0.3) is 21.3 Å². The molecule has 0 amide bonds. The lowest BCUT2D eigenvalue weighted by Gasteiger charge is -2.32. The molecule has 0 unspecified atom stereocenters. The number of nitrogens with zero attached hydrogens (tertiary/aromatic N) is 3. The third-order valence-electron chi connectivity index (χ3n) is 6.08. The second-order valence-electron chi connectivity index (χ2n) is 8.28. The number of thiophene rings is 1. The van der Waals surface area contributed by atoms with E-state index in [9.17, 15) is 0 Å². The van der Waals surface area contributed by atoms with E-state index in [0.717, 1.165) is 45.2 Å². The van der Waals surface area contributed by atoms with E-state index in [4.69, 9.17) is 0 Å². The van der Waals surface area contributed by atoms with Crippen LogP contribution < -0.4 is 10.2 Å². The summed E-state index contributed by atoms with van der Waals surface area (Å²) in [6.45, 7) is 6.79. The molecule has 0 radical (unpaired) electrons. The first-order chi connectivity index (χ1) is 15.1. The fourth-order valence-electron chi connectivity index (χ4n) is 4.26. The van der Waals surface area contributed by atoms with Crippen molar-refractivity contribution < 1.29 is 0 Å². The molecule has 1 aliphatic heterocycles. The van der Waals surface area contributed by atoms with Gasteiger partial charge in [-0.05, 0) is 67.6 Å². The van der Waals surface area contributed by atoms with E-state index in [2.05, 4.69) is 98.5 Å². The van der Waals surface area contributed by atoms with Crippen LogP contribution >= 0.6 is 27.3 Å². The van der Waals surface area contributed by atoms with E-state index in [1.807, 2.05) is 0 Å². The molecule has 6 heteroatoms. The normalized spacial score (nSPS) is 14.9. The van der Waals surface area contributed by atoms with Gasteiger partial charge in [0.1, 0.15) is 17.0 Å². The maximum absolute atomic E-state index is 4.60. The Morgan fingerprint density at radius 1 is 1.00 bits per heavy atom. The molecule has 1 N–H and O–H groups in total. The zero-order valence-electron chi connectivity index (χ0n) is 17.7. The summed E-state index contributed by atoms with van der Waals surface area (Å²) < 4.78 is 1.08. The van der Waals surface area contributed by atoms with Gasteiger partial charge in [-0.25, -0.2) is 9.97 Å². The van der Waals surface area contributed by atoms with Gasteiger partial charge in [0.25, 0.3) is 0 Å². The smallest absolute Gasteiger partial charge is 0.143 e. The first-order valence-corrected chi connectivity index (χ1v) is 12.3. The molecule has 2 aromatic carbocycles. The summed E-state index contributed by atoms with van der Waals surface area (Å²) >= 11 is 5.25. The van der Waals surface area contributed by atoms with Gasteiger partial charge in [-0.3, -0.25) is 0 Å². The van der Waals surface area contributed by atoms with E-state index in [0.29, 0.717) is 0 Å². The molecule has 0 saturated carbocycles. The van der Waals surface area contributed by atoms with Gasteiger partial charge in [0.05, 0.1) is 5.39 Å². The lowest BCUT2D eigenvalue weighted by molar-refractivity contribution is 0.438. The van der Waals surface area contributed by atoms with Crippen molar-refractivity contribution in [3.63, 3.8) is 0 Å². The average Bonchev–Trinajstić information content (AvgIpc) is 3.12. The second kappa shape index (κ2) is 8.60. The van der Waals surface area contributed by atoms with Gasteiger partial charge < -0.3 is 10.2 Å².